The fourth-order valence-corrected chi connectivity index (χ4v) is 2.27. The second-order valence-electron chi connectivity index (χ2n) is 2.88. The molecular formula is C8H15NOS. The summed E-state index contributed by atoms with van der Waals surface area (Å²) < 4.78 is 0. The van der Waals surface area contributed by atoms with E-state index in [1.54, 1.807) is 0 Å². The summed E-state index contributed by atoms with van der Waals surface area (Å²) in [5.41, 5.74) is 0. The summed E-state index contributed by atoms with van der Waals surface area (Å²) in [6.07, 6.45) is 2.98. The van der Waals surface area contributed by atoms with Gasteiger partial charge in [0.15, 0.2) is 0 Å². The van der Waals surface area contributed by atoms with Gasteiger partial charge in [-0.3, -0.25) is 4.79 Å². The highest BCUT2D eigenvalue weighted by Crippen LogP contribution is 2.12. The summed E-state index contributed by atoms with van der Waals surface area (Å²) in [7, 11) is 0. The third-order valence-corrected chi connectivity index (χ3v) is 2.93. The summed E-state index contributed by atoms with van der Waals surface area (Å²) in [4.78, 5) is 11.0. The van der Waals surface area contributed by atoms with Gasteiger partial charge in [0.2, 0.25) is 5.91 Å². The molecule has 0 aromatic rings. The van der Waals surface area contributed by atoms with Crippen LogP contribution in [0.15, 0.2) is 0 Å². The zero-order valence-corrected chi connectivity index (χ0v) is 7.75. The lowest BCUT2D eigenvalue weighted by Crippen LogP contribution is -2.34. The molecule has 0 aliphatic carbocycles. The van der Waals surface area contributed by atoms with Gasteiger partial charge in [0, 0.05) is 24.0 Å². The molecule has 2 nitrogen and oxygen atoms in total. The molecule has 1 fully saturated rings. The van der Waals surface area contributed by atoms with Crippen LogP contribution in [0.5, 0.6) is 0 Å². The molecule has 11 heavy (non-hydrogen) atoms. The average molecular weight is 173 g/mol. The normalized spacial score (nSPS) is 25.9. The van der Waals surface area contributed by atoms with Gasteiger partial charge >= 0.3 is 0 Å². The van der Waals surface area contributed by atoms with Crippen molar-refractivity contribution in [2.75, 3.05) is 11.5 Å². The van der Waals surface area contributed by atoms with E-state index < -0.39 is 0 Å². The number of carbonyl (C=O) groups excluding carboxylic acids is 1. The van der Waals surface area contributed by atoms with Crippen LogP contribution in [0.25, 0.3) is 0 Å². The zero-order valence-electron chi connectivity index (χ0n) is 6.93. The lowest BCUT2D eigenvalue weighted by Gasteiger charge is -2.13. The molecule has 1 rings (SSSR count). The molecule has 0 radical (unpaired) electrons. The van der Waals surface area contributed by atoms with Gasteiger partial charge < -0.3 is 5.32 Å². The third-order valence-electron chi connectivity index (χ3n) is 1.79. The van der Waals surface area contributed by atoms with Gasteiger partial charge in [-0.25, -0.2) is 0 Å². The maximum absolute atomic E-state index is 11.0. The predicted octanol–water partition coefficient (Wildman–Crippen LogP) is 1.41. The van der Waals surface area contributed by atoms with E-state index in [1.807, 2.05) is 11.8 Å². The monoisotopic (exact) mass is 173 g/mol. The van der Waals surface area contributed by atoms with E-state index >= 15 is 0 Å². The highest BCUT2D eigenvalue weighted by atomic mass is 32.2. The summed E-state index contributed by atoms with van der Waals surface area (Å²) in [6.45, 7) is 2.15. The minimum atomic E-state index is 0.230. The van der Waals surface area contributed by atoms with E-state index in [9.17, 15) is 4.79 Å². The quantitative estimate of drug-likeness (QED) is 0.684. The molecule has 1 heterocycles. The summed E-state index contributed by atoms with van der Waals surface area (Å²) in [5.74, 6) is 2.32. The molecule has 0 aromatic carbocycles. The number of amides is 1. The van der Waals surface area contributed by atoms with Crippen LogP contribution in [0, 0.1) is 0 Å². The van der Waals surface area contributed by atoms with Crippen molar-refractivity contribution >= 4 is 17.7 Å². The molecule has 0 spiro atoms. The molecule has 3 heteroatoms. The second kappa shape index (κ2) is 4.65. The van der Waals surface area contributed by atoms with Crippen molar-refractivity contribution in [3.63, 3.8) is 0 Å². The van der Waals surface area contributed by atoms with Gasteiger partial charge in [-0.1, -0.05) is 13.3 Å². The minimum absolute atomic E-state index is 0.230. The van der Waals surface area contributed by atoms with Crippen molar-refractivity contribution in [3.05, 3.63) is 0 Å². The van der Waals surface area contributed by atoms with Crippen molar-refractivity contribution in [1.29, 1.82) is 0 Å². The van der Waals surface area contributed by atoms with Gasteiger partial charge in [0.1, 0.15) is 0 Å². The maximum atomic E-state index is 11.0. The second-order valence-corrected chi connectivity index (χ2v) is 4.03. The molecule has 1 saturated heterocycles. The van der Waals surface area contributed by atoms with Gasteiger partial charge in [-0.2, -0.15) is 11.8 Å². The summed E-state index contributed by atoms with van der Waals surface area (Å²) >= 11 is 1.88. The number of rotatable bonds is 2. The van der Waals surface area contributed by atoms with Crippen LogP contribution in [0.2, 0.25) is 0 Å². The first-order chi connectivity index (χ1) is 5.33. The van der Waals surface area contributed by atoms with Crippen molar-refractivity contribution in [2.24, 2.45) is 0 Å². The number of carbonyl (C=O) groups is 1. The zero-order chi connectivity index (χ0) is 8.10. The van der Waals surface area contributed by atoms with Crippen LogP contribution in [0.4, 0.5) is 0 Å². The molecule has 1 aliphatic rings. The molecule has 1 N–H and O–H groups in total. The van der Waals surface area contributed by atoms with Crippen LogP contribution in [-0.2, 0) is 4.79 Å². The third kappa shape index (κ3) is 3.14. The van der Waals surface area contributed by atoms with Gasteiger partial charge in [-0.05, 0) is 6.42 Å². The number of hydrogen-bond acceptors (Lipinski definition) is 2. The Kier molecular flexibility index (Phi) is 3.77. The molecular weight excluding hydrogens is 158 g/mol. The largest absolute Gasteiger partial charge is 0.353 e. The fourth-order valence-electron chi connectivity index (χ4n) is 1.24. The van der Waals surface area contributed by atoms with E-state index in [1.165, 1.54) is 0 Å². The molecule has 1 unspecified atom stereocenters. The van der Waals surface area contributed by atoms with Crippen molar-refractivity contribution in [1.82, 2.24) is 5.32 Å². The first kappa shape index (κ1) is 8.91. The van der Waals surface area contributed by atoms with E-state index in [4.69, 9.17) is 0 Å². The Bertz CT molecular complexity index is 138. The van der Waals surface area contributed by atoms with E-state index in [2.05, 4.69) is 12.2 Å². The molecule has 1 amide bonds. The maximum Gasteiger partial charge on any atom is 0.221 e. The fraction of sp³-hybridized carbons (Fsp3) is 0.875. The minimum Gasteiger partial charge on any atom is -0.353 e. The van der Waals surface area contributed by atoms with Crippen molar-refractivity contribution in [3.8, 4) is 0 Å². The van der Waals surface area contributed by atoms with Crippen LogP contribution >= 0.6 is 11.8 Å². The molecule has 0 bridgehead atoms. The smallest absolute Gasteiger partial charge is 0.221 e. The highest BCUT2D eigenvalue weighted by Gasteiger charge is 2.14. The summed E-state index contributed by atoms with van der Waals surface area (Å²) in [6, 6.07) is 0.431. The first-order valence-electron chi connectivity index (χ1n) is 4.20. The number of hydrogen-bond donors (Lipinski definition) is 1. The van der Waals surface area contributed by atoms with Crippen LogP contribution in [-0.4, -0.2) is 23.5 Å². The molecule has 1 atom stereocenters. The van der Waals surface area contributed by atoms with Crippen LogP contribution < -0.4 is 5.32 Å². The Morgan fingerprint density at radius 1 is 1.73 bits per heavy atom. The predicted molar refractivity (Wildman–Crippen MR) is 48.8 cm³/mol. The number of thioether (sulfide) groups is 1. The topological polar surface area (TPSA) is 29.1 Å². The lowest BCUT2D eigenvalue weighted by atomic mass is 10.2. The van der Waals surface area contributed by atoms with Gasteiger partial charge in [-0.15, -0.1) is 0 Å². The SMILES string of the molecule is CCCC1CSCCC(=O)N1. The van der Waals surface area contributed by atoms with E-state index in [-0.39, 0.29) is 5.91 Å². The molecule has 1 aliphatic heterocycles. The van der Waals surface area contributed by atoms with E-state index in [0.717, 1.165) is 24.3 Å². The Morgan fingerprint density at radius 3 is 3.27 bits per heavy atom. The highest BCUT2D eigenvalue weighted by molar-refractivity contribution is 7.99. The molecule has 0 aromatic heterocycles. The average Bonchev–Trinajstić information content (AvgIpc) is 2.15. The van der Waals surface area contributed by atoms with Crippen molar-refractivity contribution in [2.45, 2.75) is 32.2 Å². The number of nitrogens with one attached hydrogen (secondary N) is 1. The van der Waals surface area contributed by atoms with Crippen molar-refractivity contribution < 1.29 is 4.79 Å². The van der Waals surface area contributed by atoms with Gasteiger partial charge in [0.25, 0.3) is 0 Å². The Hall–Kier alpha value is -0.180. The lowest BCUT2D eigenvalue weighted by molar-refractivity contribution is -0.121. The Balaban J connectivity index is 2.33. The molecule has 64 valence electrons. The Labute approximate surface area is 72.1 Å². The molecule has 0 saturated carbocycles. The van der Waals surface area contributed by atoms with Crippen LogP contribution in [0.1, 0.15) is 26.2 Å². The van der Waals surface area contributed by atoms with Gasteiger partial charge in [0.05, 0.1) is 0 Å². The first-order valence-corrected chi connectivity index (χ1v) is 5.35. The van der Waals surface area contributed by atoms with E-state index in [0.29, 0.717) is 12.5 Å². The Morgan fingerprint density at radius 2 is 2.55 bits per heavy atom. The standard InChI is InChI=1S/C8H15NOS/c1-2-3-7-6-11-5-4-8(10)9-7/h7H,2-6H2,1H3,(H,9,10). The van der Waals surface area contributed by atoms with Crippen LogP contribution in [0.3, 0.4) is 0 Å². The summed E-state index contributed by atoms with van der Waals surface area (Å²) in [5, 5.41) is 3.02.